The minimum Gasteiger partial charge on any atom is -0.479 e. The first-order valence-corrected chi connectivity index (χ1v) is 4.30. The number of carboxylic acid groups (broad SMARTS) is 1. The quantitative estimate of drug-likeness (QED) is 0.484. The van der Waals surface area contributed by atoms with E-state index in [2.05, 4.69) is 12.2 Å². The van der Waals surface area contributed by atoms with E-state index in [-0.39, 0.29) is 6.54 Å². The molecule has 0 bridgehead atoms. The molecule has 3 N–H and O–H groups in total. The van der Waals surface area contributed by atoms with Gasteiger partial charge in [-0.1, -0.05) is 19.8 Å². The van der Waals surface area contributed by atoms with E-state index in [4.69, 9.17) is 10.2 Å². The Bertz CT molecular complexity index is 127. The van der Waals surface area contributed by atoms with E-state index >= 15 is 0 Å². The maximum atomic E-state index is 10.1. The van der Waals surface area contributed by atoms with Crippen molar-refractivity contribution in [2.45, 2.75) is 32.3 Å². The van der Waals surface area contributed by atoms with Crippen molar-refractivity contribution in [2.75, 3.05) is 13.1 Å². The van der Waals surface area contributed by atoms with Crippen molar-refractivity contribution >= 4 is 5.97 Å². The molecule has 0 amide bonds. The summed E-state index contributed by atoms with van der Waals surface area (Å²) in [4.78, 5) is 10.1. The lowest BCUT2D eigenvalue weighted by molar-refractivity contribution is -0.146. The van der Waals surface area contributed by atoms with E-state index in [0.29, 0.717) is 0 Å². The van der Waals surface area contributed by atoms with Gasteiger partial charge in [0.05, 0.1) is 0 Å². The zero-order valence-electron chi connectivity index (χ0n) is 7.42. The number of unbranched alkanes of at least 4 members (excludes halogenated alkanes) is 2. The Kier molecular flexibility index (Phi) is 6.70. The Morgan fingerprint density at radius 3 is 2.67 bits per heavy atom. The fourth-order valence-electron chi connectivity index (χ4n) is 0.826. The summed E-state index contributed by atoms with van der Waals surface area (Å²) in [5.41, 5.74) is 0. The summed E-state index contributed by atoms with van der Waals surface area (Å²) in [5.74, 6) is -1.17. The maximum Gasteiger partial charge on any atom is 0.333 e. The van der Waals surface area contributed by atoms with Crippen molar-refractivity contribution in [3.63, 3.8) is 0 Å². The Balaban J connectivity index is 3.14. The summed E-state index contributed by atoms with van der Waals surface area (Å²) in [7, 11) is 0. The highest BCUT2D eigenvalue weighted by Crippen LogP contribution is 1.91. The first-order valence-electron chi connectivity index (χ1n) is 4.30. The molecular weight excluding hydrogens is 158 g/mol. The standard InChI is InChI=1S/C8H17NO3/c1-2-3-4-5-9-6-7(10)8(11)12/h7,9-10H,2-6H2,1H3,(H,11,12). The predicted molar refractivity (Wildman–Crippen MR) is 46.0 cm³/mol. The van der Waals surface area contributed by atoms with E-state index < -0.39 is 12.1 Å². The highest BCUT2D eigenvalue weighted by atomic mass is 16.4. The fourth-order valence-corrected chi connectivity index (χ4v) is 0.826. The molecule has 0 aromatic heterocycles. The summed E-state index contributed by atoms with van der Waals surface area (Å²) in [6.07, 6.45) is 2.04. The number of aliphatic hydroxyl groups is 1. The first kappa shape index (κ1) is 11.4. The second-order valence-electron chi connectivity index (χ2n) is 2.77. The second kappa shape index (κ2) is 7.06. The normalized spacial score (nSPS) is 12.8. The molecule has 0 aromatic carbocycles. The van der Waals surface area contributed by atoms with Gasteiger partial charge in [-0.15, -0.1) is 0 Å². The van der Waals surface area contributed by atoms with Gasteiger partial charge >= 0.3 is 5.97 Å². The number of carboxylic acids is 1. The Hall–Kier alpha value is -0.610. The van der Waals surface area contributed by atoms with E-state index in [1.165, 1.54) is 0 Å². The van der Waals surface area contributed by atoms with Crippen LogP contribution in [0.1, 0.15) is 26.2 Å². The lowest BCUT2D eigenvalue weighted by Crippen LogP contribution is -2.33. The van der Waals surface area contributed by atoms with Crippen LogP contribution in [0.15, 0.2) is 0 Å². The molecule has 0 heterocycles. The number of rotatable bonds is 7. The number of hydrogen-bond donors (Lipinski definition) is 3. The van der Waals surface area contributed by atoms with Crippen molar-refractivity contribution < 1.29 is 15.0 Å². The van der Waals surface area contributed by atoms with Crippen LogP contribution in [0.5, 0.6) is 0 Å². The molecule has 0 saturated heterocycles. The fraction of sp³-hybridized carbons (Fsp3) is 0.875. The molecule has 0 aliphatic rings. The van der Waals surface area contributed by atoms with Gasteiger partial charge < -0.3 is 15.5 Å². The van der Waals surface area contributed by atoms with Gasteiger partial charge in [-0.05, 0) is 13.0 Å². The lowest BCUT2D eigenvalue weighted by atomic mass is 10.2. The summed E-state index contributed by atoms with van der Waals surface area (Å²) >= 11 is 0. The van der Waals surface area contributed by atoms with E-state index in [0.717, 1.165) is 25.8 Å². The largest absolute Gasteiger partial charge is 0.479 e. The van der Waals surface area contributed by atoms with E-state index in [1.807, 2.05) is 0 Å². The molecule has 4 nitrogen and oxygen atoms in total. The molecule has 0 aliphatic carbocycles. The van der Waals surface area contributed by atoms with Gasteiger partial charge in [-0.2, -0.15) is 0 Å². The average Bonchev–Trinajstić information content (AvgIpc) is 2.03. The molecule has 0 rings (SSSR count). The smallest absolute Gasteiger partial charge is 0.333 e. The predicted octanol–water partition coefficient (Wildman–Crippen LogP) is 0.212. The number of carbonyl (C=O) groups is 1. The Labute approximate surface area is 72.6 Å². The number of aliphatic carboxylic acids is 1. The average molecular weight is 175 g/mol. The van der Waals surface area contributed by atoms with Gasteiger partial charge in [-0.3, -0.25) is 0 Å². The third-order valence-electron chi connectivity index (χ3n) is 1.58. The van der Waals surface area contributed by atoms with Crippen molar-refractivity contribution in [3.05, 3.63) is 0 Å². The topological polar surface area (TPSA) is 69.6 Å². The molecule has 4 heteroatoms. The third kappa shape index (κ3) is 6.12. The molecule has 1 unspecified atom stereocenters. The van der Waals surface area contributed by atoms with Crippen LogP contribution in [0, 0.1) is 0 Å². The van der Waals surface area contributed by atoms with Crippen molar-refractivity contribution in [2.24, 2.45) is 0 Å². The molecule has 0 radical (unpaired) electrons. The maximum absolute atomic E-state index is 10.1. The van der Waals surface area contributed by atoms with Crippen LogP contribution in [0.3, 0.4) is 0 Å². The van der Waals surface area contributed by atoms with Crippen molar-refractivity contribution in [3.8, 4) is 0 Å². The molecule has 0 fully saturated rings. The van der Waals surface area contributed by atoms with Crippen LogP contribution in [-0.4, -0.2) is 35.4 Å². The second-order valence-corrected chi connectivity index (χ2v) is 2.77. The molecule has 1 atom stereocenters. The van der Waals surface area contributed by atoms with Crippen LogP contribution in [0.4, 0.5) is 0 Å². The highest BCUT2D eigenvalue weighted by Gasteiger charge is 2.10. The van der Waals surface area contributed by atoms with Crippen LogP contribution in [0.25, 0.3) is 0 Å². The minimum atomic E-state index is -1.27. The highest BCUT2D eigenvalue weighted by molar-refractivity contribution is 5.72. The summed E-state index contributed by atoms with van der Waals surface area (Å²) in [6, 6.07) is 0. The molecule has 0 spiro atoms. The summed E-state index contributed by atoms with van der Waals surface area (Å²) in [5, 5.41) is 20.0. The van der Waals surface area contributed by atoms with Gasteiger partial charge in [0.1, 0.15) is 0 Å². The van der Waals surface area contributed by atoms with Crippen LogP contribution in [0.2, 0.25) is 0 Å². The van der Waals surface area contributed by atoms with E-state index in [9.17, 15) is 4.79 Å². The van der Waals surface area contributed by atoms with Crippen molar-refractivity contribution in [1.29, 1.82) is 0 Å². The summed E-state index contributed by atoms with van der Waals surface area (Å²) in [6.45, 7) is 3.02. The number of aliphatic hydroxyl groups excluding tert-OH is 1. The molecule has 72 valence electrons. The van der Waals surface area contributed by atoms with Crippen LogP contribution < -0.4 is 5.32 Å². The van der Waals surface area contributed by atoms with Gasteiger partial charge in [0.15, 0.2) is 6.10 Å². The number of nitrogens with one attached hydrogen (secondary N) is 1. The third-order valence-corrected chi connectivity index (χ3v) is 1.58. The monoisotopic (exact) mass is 175 g/mol. The van der Waals surface area contributed by atoms with Gasteiger partial charge in [0.25, 0.3) is 0 Å². The van der Waals surface area contributed by atoms with E-state index in [1.54, 1.807) is 0 Å². The van der Waals surface area contributed by atoms with Crippen molar-refractivity contribution in [1.82, 2.24) is 5.32 Å². The summed E-state index contributed by atoms with van der Waals surface area (Å²) < 4.78 is 0. The minimum absolute atomic E-state index is 0.138. The molecule has 0 aromatic rings. The lowest BCUT2D eigenvalue weighted by Gasteiger charge is -2.06. The Morgan fingerprint density at radius 2 is 2.17 bits per heavy atom. The van der Waals surface area contributed by atoms with Crippen LogP contribution in [-0.2, 0) is 4.79 Å². The number of hydrogen-bond acceptors (Lipinski definition) is 3. The van der Waals surface area contributed by atoms with Gasteiger partial charge in [0.2, 0.25) is 0 Å². The molecule has 12 heavy (non-hydrogen) atoms. The molecular formula is C8H17NO3. The Morgan fingerprint density at radius 1 is 1.50 bits per heavy atom. The SMILES string of the molecule is CCCCCNCC(O)C(=O)O. The zero-order chi connectivity index (χ0) is 9.40. The zero-order valence-corrected chi connectivity index (χ0v) is 7.42. The van der Waals surface area contributed by atoms with Crippen LogP contribution >= 0.6 is 0 Å². The van der Waals surface area contributed by atoms with Gasteiger partial charge in [-0.25, -0.2) is 4.79 Å². The first-order chi connectivity index (χ1) is 5.68. The van der Waals surface area contributed by atoms with Gasteiger partial charge in [0, 0.05) is 6.54 Å². The molecule has 0 saturated carbocycles. The molecule has 0 aliphatic heterocycles.